The fraction of sp³-hybridized carbons (Fsp3) is 0.355. The van der Waals surface area contributed by atoms with Gasteiger partial charge in [0.05, 0.1) is 5.56 Å². The van der Waals surface area contributed by atoms with E-state index >= 15 is 8.78 Å². The molecule has 2 aliphatic heterocycles. The molecule has 2 aromatic carbocycles. The van der Waals surface area contributed by atoms with Gasteiger partial charge in [-0.25, -0.2) is 15.4 Å². The zero-order valence-corrected chi connectivity index (χ0v) is 24.0. The number of likely N-dealkylation sites (N-methyl/N-ethyl adjacent to an activating group) is 1. The number of carbonyl (C=O) groups is 1. The molecule has 6 rings (SSSR count). The Labute approximate surface area is 246 Å². The predicted octanol–water partition coefficient (Wildman–Crippen LogP) is 5.39. The Bertz CT molecular complexity index is 1720. The number of benzene rings is 2. The van der Waals surface area contributed by atoms with E-state index in [1.807, 2.05) is 29.5 Å². The number of piperazine rings is 1. The SMILES string of the molecule is [C-]#[N+]C[C@H]1CN(c2nc(OC[C@@H]3CCCN3C)nc3c(F)c(-c4cccc5ccsc45)c(F)cc23)CCN1C(=O)C=C. The van der Waals surface area contributed by atoms with Gasteiger partial charge >= 0.3 is 6.01 Å². The average molecular weight is 589 g/mol. The van der Waals surface area contributed by atoms with Gasteiger partial charge < -0.3 is 24.3 Å². The monoisotopic (exact) mass is 588 g/mol. The van der Waals surface area contributed by atoms with Gasteiger partial charge in [0.1, 0.15) is 29.8 Å². The molecular weight excluding hydrogens is 558 g/mol. The summed E-state index contributed by atoms with van der Waals surface area (Å²) in [6.07, 6.45) is 3.28. The normalized spacial score (nSPS) is 19.4. The number of fused-ring (bicyclic) bond motifs is 2. The maximum Gasteiger partial charge on any atom is 0.319 e. The number of anilines is 1. The van der Waals surface area contributed by atoms with E-state index in [2.05, 4.69) is 26.3 Å². The molecule has 2 saturated heterocycles. The van der Waals surface area contributed by atoms with Crippen molar-refractivity contribution in [3.05, 3.63) is 71.4 Å². The number of nitrogens with zero attached hydrogens (tertiary/aromatic N) is 6. The molecule has 2 fully saturated rings. The molecule has 0 unspecified atom stereocenters. The maximum atomic E-state index is 16.5. The van der Waals surface area contributed by atoms with E-state index in [1.54, 1.807) is 17.0 Å². The smallest absolute Gasteiger partial charge is 0.319 e. The molecule has 0 aliphatic carbocycles. The van der Waals surface area contributed by atoms with Crippen molar-refractivity contribution in [2.24, 2.45) is 0 Å². The molecule has 0 bridgehead atoms. The minimum atomic E-state index is -0.782. The van der Waals surface area contributed by atoms with Gasteiger partial charge in [-0.3, -0.25) is 4.79 Å². The quantitative estimate of drug-likeness (QED) is 0.213. The fourth-order valence-corrected chi connectivity index (χ4v) is 6.90. The molecule has 4 aromatic rings. The topological polar surface area (TPSA) is 66.2 Å². The van der Waals surface area contributed by atoms with Crippen LogP contribution in [0.25, 0.3) is 37.0 Å². The molecule has 1 amide bonds. The molecule has 216 valence electrons. The Morgan fingerprint density at radius 2 is 2.10 bits per heavy atom. The maximum absolute atomic E-state index is 16.5. The van der Waals surface area contributed by atoms with Crippen LogP contribution in [0.4, 0.5) is 14.6 Å². The minimum absolute atomic E-state index is 0.00918. The van der Waals surface area contributed by atoms with E-state index in [0.717, 1.165) is 29.5 Å². The van der Waals surface area contributed by atoms with Crippen LogP contribution in [0.1, 0.15) is 12.8 Å². The Morgan fingerprint density at radius 1 is 1.24 bits per heavy atom. The summed E-state index contributed by atoms with van der Waals surface area (Å²) in [6, 6.07) is 8.38. The highest BCUT2D eigenvalue weighted by molar-refractivity contribution is 7.17. The minimum Gasteiger partial charge on any atom is -0.462 e. The highest BCUT2D eigenvalue weighted by Gasteiger charge is 2.34. The zero-order valence-electron chi connectivity index (χ0n) is 23.2. The first kappa shape index (κ1) is 28.0. The van der Waals surface area contributed by atoms with Crippen LogP contribution in [-0.4, -0.2) is 84.1 Å². The summed E-state index contributed by atoms with van der Waals surface area (Å²) in [5.74, 6) is -1.44. The van der Waals surface area contributed by atoms with Crippen molar-refractivity contribution in [3.63, 3.8) is 0 Å². The van der Waals surface area contributed by atoms with Gasteiger partial charge in [-0.05, 0) is 55.4 Å². The first-order valence-corrected chi connectivity index (χ1v) is 14.8. The van der Waals surface area contributed by atoms with Crippen LogP contribution in [0.5, 0.6) is 6.01 Å². The highest BCUT2D eigenvalue weighted by Crippen LogP contribution is 2.40. The molecule has 42 heavy (non-hydrogen) atoms. The van der Waals surface area contributed by atoms with Gasteiger partial charge in [-0.1, -0.05) is 24.8 Å². The van der Waals surface area contributed by atoms with Crippen molar-refractivity contribution >= 4 is 44.1 Å². The lowest BCUT2D eigenvalue weighted by atomic mass is 10.0. The van der Waals surface area contributed by atoms with Gasteiger partial charge in [-0.2, -0.15) is 9.97 Å². The molecule has 0 radical (unpaired) electrons. The largest absolute Gasteiger partial charge is 0.462 e. The summed E-state index contributed by atoms with van der Waals surface area (Å²) in [4.78, 5) is 30.8. The molecule has 2 atom stereocenters. The van der Waals surface area contributed by atoms with Crippen LogP contribution in [0.15, 0.2) is 48.4 Å². The first-order chi connectivity index (χ1) is 20.4. The van der Waals surface area contributed by atoms with Crippen molar-refractivity contribution in [1.29, 1.82) is 0 Å². The average Bonchev–Trinajstić information content (AvgIpc) is 3.65. The third-order valence-corrected chi connectivity index (χ3v) is 9.17. The second-order valence-electron chi connectivity index (χ2n) is 10.7. The van der Waals surface area contributed by atoms with Gasteiger partial charge in [0.2, 0.25) is 12.5 Å². The number of ether oxygens (including phenoxy) is 1. The van der Waals surface area contributed by atoms with Crippen molar-refractivity contribution in [3.8, 4) is 17.1 Å². The summed E-state index contributed by atoms with van der Waals surface area (Å²) in [5, 5.41) is 3.01. The molecule has 2 aromatic heterocycles. The van der Waals surface area contributed by atoms with Gasteiger partial charge in [0, 0.05) is 41.3 Å². The fourth-order valence-electron chi connectivity index (χ4n) is 5.98. The van der Waals surface area contributed by atoms with Crippen LogP contribution in [0.2, 0.25) is 0 Å². The molecular formula is C31H30F2N6O2S. The summed E-state index contributed by atoms with van der Waals surface area (Å²) in [7, 11) is 2.04. The zero-order chi connectivity index (χ0) is 29.4. The number of thiophene rings is 1. The Hall–Kier alpha value is -4.14. The van der Waals surface area contributed by atoms with Crippen LogP contribution in [-0.2, 0) is 4.79 Å². The first-order valence-electron chi connectivity index (χ1n) is 13.9. The number of aromatic nitrogens is 2. The standard InChI is InChI=1S/C31H30F2N6O2S/c1-4-25(40)39-13-12-38(17-21(39)16-34-2)30-23-15-24(32)26(22-9-5-7-19-10-14-42-29(19)22)27(33)28(23)35-31(36-30)41-18-20-8-6-11-37(20)3/h4-5,7,9-10,14-15,20-21H,1,6,8,11-13,16-18H2,3H3/t20-,21-/m0/s1. The Morgan fingerprint density at radius 3 is 2.86 bits per heavy atom. The van der Waals surface area contributed by atoms with Gasteiger partial charge in [0.25, 0.3) is 0 Å². The van der Waals surface area contributed by atoms with Crippen LogP contribution in [0.3, 0.4) is 0 Å². The molecule has 11 heteroatoms. The summed E-state index contributed by atoms with van der Waals surface area (Å²) < 4.78 is 39.2. The Kier molecular flexibility index (Phi) is 7.75. The second-order valence-corrected chi connectivity index (χ2v) is 11.6. The number of carbonyl (C=O) groups excluding carboxylic acids is 1. The summed E-state index contributed by atoms with van der Waals surface area (Å²) in [5.41, 5.74) is 0.281. The number of rotatable bonds is 7. The second kappa shape index (κ2) is 11.6. The lowest BCUT2D eigenvalue weighted by Crippen LogP contribution is -2.56. The molecule has 0 N–H and O–H groups in total. The van der Waals surface area contributed by atoms with Crippen molar-refractivity contribution < 1.29 is 18.3 Å². The number of halogens is 2. The van der Waals surface area contributed by atoms with E-state index in [0.29, 0.717) is 31.1 Å². The van der Waals surface area contributed by atoms with Crippen LogP contribution < -0.4 is 9.64 Å². The van der Waals surface area contributed by atoms with E-state index in [-0.39, 0.29) is 47.5 Å². The Balaban J connectivity index is 1.47. The number of hydrogen-bond donors (Lipinski definition) is 0. The molecule has 0 saturated carbocycles. The number of likely N-dealkylation sites (tertiary alicyclic amines) is 1. The molecule has 2 aliphatic rings. The molecule has 4 heterocycles. The van der Waals surface area contributed by atoms with Crippen LogP contribution >= 0.6 is 11.3 Å². The van der Waals surface area contributed by atoms with E-state index < -0.39 is 17.7 Å². The lowest BCUT2D eigenvalue weighted by molar-refractivity contribution is -0.128. The third kappa shape index (κ3) is 5.05. The predicted molar refractivity (Wildman–Crippen MR) is 161 cm³/mol. The third-order valence-electron chi connectivity index (χ3n) is 8.21. The molecule has 0 spiro atoms. The lowest BCUT2D eigenvalue weighted by Gasteiger charge is -2.39. The van der Waals surface area contributed by atoms with Crippen molar-refractivity contribution in [1.82, 2.24) is 19.8 Å². The number of hydrogen-bond acceptors (Lipinski definition) is 7. The van der Waals surface area contributed by atoms with E-state index in [1.165, 1.54) is 23.5 Å². The summed E-state index contributed by atoms with van der Waals surface area (Å²) >= 11 is 1.43. The molecule has 8 nitrogen and oxygen atoms in total. The van der Waals surface area contributed by atoms with Gasteiger partial charge in [0.15, 0.2) is 5.82 Å². The van der Waals surface area contributed by atoms with Crippen molar-refractivity contribution in [2.45, 2.75) is 24.9 Å². The van der Waals surface area contributed by atoms with E-state index in [4.69, 9.17) is 11.3 Å². The van der Waals surface area contributed by atoms with Gasteiger partial charge in [-0.15, -0.1) is 11.3 Å². The summed E-state index contributed by atoms with van der Waals surface area (Å²) in [6.45, 7) is 13.3. The highest BCUT2D eigenvalue weighted by atomic mass is 32.1. The number of amides is 1. The van der Waals surface area contributed by atoms with Crippen LogP contribution in [0, 0.1) is 18.2 Å². The van der Waals surface area contributed by atoms with Crippen molar-refractivity contribution in [2.75, 3.05) is 51.3 Å². The van der Waals surface area contributed by atoms with E-state index in [9.17, 15) is 4.79 Å².